The molecule has 0 spiro atoms. The van der Waals surface area contributed by atoms with Crippen molar-refractivity contribution in [3.05, 3.63) is 72.1 Å². The quantitative estimate of drug-likeness (QED) is 0.798. The maximum Gasteiger partial charge on any atom is 0.280 e. The van der Waals surface area contributed by atoms with E-state index in [0.29, 0.717) is 11.4 Å². The second kappa shape index (κ2) is 6.49. The van der Waals surface area contributed by atoms with Crippen molar-refractivity contribution in [3.63, 3.8) is 0 Å². The third kappa shape index (κ3) is 3.24. The Morgan fingerprint density at radius 1 is 1.04 bits per heavy atom. The number of aromatic nitrogens is 2. The van der Waals surface area contributed by atoms with Gasteiger partial charge in [0.15, 0.2) is 11.4 Å². The van der Waals surface area contributed by atoms with Gasteiger partial charge in [-0.25, -0.2) is 13.5 Å². The van der Waals surface area contributed by atoms with Gasteiger partial charge in [0.1, 0.15) is 11.6 Å². The van der Waals surface area contributed by atoms with Crippen LogP contribution < -0.4 is 10.1 Å². The average Bonchev–Trinajstić information content (AvgIpc) is 3.02. The third-order valence-corrected chi connectivity index (χ3v) is 3.31. The lowest BCUT2D eigenvalue weighted by molar-refractivity contribution is 0.101. The van der Waals surface area contributed by atoms with Crippen LogP contribution in [0.3, 0.4) is 0 Å². The highest BCUT2D eigenvalue weighted by Crippen LogP contribution is 2.21. The molecule has 0 saturated carbocycles. The maximum absolute atomic E-state index is 13.0. The summed E-state index contributed by atoms with van der Waals surface area (Å²) in [6.45, 7) is 0. The van der Waals surface area contributed by atoms with Crippen LogP contribution in [0.4, 0.5) is 14.5 Å². The Morgan fingerprint density at radius 3 is 2.21 bits per heavy atom. The predicted octanol–water partition coefficient (Wildman–Crippen LogP) is 3.41. The number of nitrogens with zero attached hydrogens (tertiary/aromatic N) is 2. The smallest absolute Gasteiger partial charge is 0.280 e. The molecule has 0 radical (unpaired) electrons. The maximum atomic E-state index is 13.0. The summed E-state index contributed by atoms with van der Waals surface area (Å²) in [6, 6.07) is 11.0. The summed E-state index contributed by atoms with van der Waals surface area (Å²) in [6.07, 6.45) is 1.52. The summed E-state index contributed by atoms with van der Waals surface area (Å²) in [4.78, 5) is 12.4. The van der Waals surface area contributed by atoms with Gasteiger partial charge in [-0.3, -0.25) is 4.79 Å². The van der Waals surface area contributed by atoms with Gasteiger partial charge < -0.3 is 10.1 Å². The largest absolute Gasteiger partial charge is 0.493 e. The van der Waals surface area contributed by atoms with Crippen molar-refractivity contribution in [2.45, 2.75) is 0 Å². The molecule has 0 saturated heterocycles. The molecule has 1 aromatic heterocycles. The number of methoxy groups -OCH3 is 1. The van der Waals surface area contributed by atoms with Crippen LogP contribution in [0.1, 0.15) is 10.5 Å². The second-order valence-electron chi connectivity index (χ2n) is 4.93. The van der Waals surface area contributed by atoms with Gasteiger partial charge in [-0.1, -0.05) is 0 Å². The Balaban J connectivity index is 1.88. The topological polar surface area (TPSA) is 56.2 Å². The zero-order chi connectivity index (χ0) is 17.1. The van der Waals surface area contributed by atoms with E-state index in [2.05, 4.69) is 10.4 Å². The first kappa shape index (κ1) is 15.7. The molecule has 24 heavy (non-hydrogen) atoms. The van der Waals surface area contributed by atoms with E-state index in [1.165, 1.54) is 66.5 Å². The molecule has 1 N–H and O–H groups in total. The lowest BCUT2D eigenvalue weighted by Gasteiger charge is -2.04. The normalized spacial score (nSPS) is 10.5. The Hall–Kier alpha value is -3.22. The van der Waals surface area contributed by atoms with Crippen LogP contribution in [0.2, 0.25) is 0 Å². The first-order chi connectivity index (χ1) is 11.6. The molecular weight excluding hydrogens is 316 g/mol. The Morgan fingerprint density at radius 2 is 1.62 bits per heavy atom. The number of halogens is 2. The fraction of sp³-hybridized carbons (Fsp3) is 0.0588. The minimum Gasteiger partial charge on any atom is -0.493 e. The van der Waals surface area contributed by atoms with E-state index in [1.54, 1.807) is 0 Å². The summed E-state index contributed by atoms with van der Waals surface area (Å²) in [5, 5.41) is 6.79. The molecule has 7 heteroatoms. The summed E-state index contributed by atoms with van der Waals surface area (Å²) in [7, 11) is 1.42. The SMILES string of the molecule is COc1cn(-c2ccc(F)cc2)nc1C(=O)Nc1ccc(F)cc1. The van der Waals surface area contributed by atoms with Crippen LogP contribution in [0, 0.1) is 11.6 Å². The van der Waals surface area contributed by atoms with Crippen LogP contribution in [0.25, 0.3) is 5.69 Å². The second-order valence-corrected chi connectivity index (χ2v) is 4.93. The molecule has 5 nitrogen and oxygen atoms in total. The van der Waals surface area contributed by atoms with Crippen molar-refractivity contribution in [2.24, 2.45) is 0 Å². The summed E-state index contributed by atoms with van der Waals surface area (Å²) >= 11 is 0. The molecule has 1 heterocycles. The molecule has 0 aliphatic heterocycles. The van der Waals surface area contributed by atoms with E-state index in [9.17, 15) is 13.6 Å². The Kier molecular flexibility index (Phi) is 4.24. The zero-order valence-electron chi connectivity index (χ0n) is 12.7. The molecule has 2 aromatic carbocycles. The number of ether oxygens (including phenoxy) is 1. The monoisotopic (exact) mass is 329 g/mol. The van der Waals surface area contributed by atoms with Crippen LogP contribution in [-0.2, 0) is 0 Å². The number of carbonyl (C=O) groups is 1. The van der Waals surface area contributed by atoms with Crippen LogP contribution in [0.15, 0.2) is 54.7 Å². The number of anilines is 1. The van der Waals surface area contributed by atoms with Gasteiger partial charge in [-0.05, 0) is 48.5 Å². The van der Waals surface area contributed by atoms with Crippen LogP contribution in [-0.4, -0.2) is 22.8 Å². The standard InChI is InChI=1S/C17H13F2N3O2/c1-24-15-10-22(14-8-4-12(19)5-9-14)21-16(15)17(23)20-13-6-2-11(18)3-7-13/h2-10H,1H3,(H,20,23). The van der Waals surface area contributed by atoms with Gasteiger partial charge in [0.05, 0.1) is 19.0 Å². The highest BCUT2D eigenvalue weighted by Gasteiger charge is 2.18. The van der Waals surface area contributed by atoms with Gasteiger partial charge >= 0.3 is 0 Å². The molecule has 1 amide bonds. The third-order valence-electron chi connectivity index (χ3n) is 3.31. The summed E-state index contributed by atoms with van der Waals surface area (Å²) < 4.78 is 32.5. The molecule has 3 rings (SSSR count). The van der Waals surface area contributed by atoms with E-state index < -0.39 is 11.7 Å². The van der Waals surface area contributed by atoms with Gasteiger partial charge in [-0.15, -0.1) is 0 Å². The number of nitrogens with one attached hydrogen (secondary N) is 1. The fourth-order valence-electron chi connectivity index (χ4n) is 2.11. The lowest BCUT2D eigenvalue weighted by atomic mass is 10.3. The number of benzene rings is 2. The first-order valence-corrected chi connectivity index (χ1v) is 7.03. The molecular formula is C17H13F2N3O2. The zero-order valence-corrected chi connectivity index (χ0v) is 12.7. The van der Waals surface area contributed by atoms with Crippen LogP contribution in [0.5, 0.6) is 5.75 Å². The van der Waals surface area contributed by atoms with Crippen molar-refractivity contribution in [1.82, 2.24) is 9.78 Å². The summed E-state index contributed by atoms with van der Waals surface area (Å²) in [5.41, 5.74) is 1.07. The van der Waals surface area contributed by atoms with Gasteiger partial charge in [0, 0.05) is 5.69 Å². The number of rotatable bonds is 4. The van der Waals surface area contributed by atoms with Gasteiger partial charge in [0.2, 0.25) is 0 Å². The Bertz CT molecular complexity index is 859. The highest BCUT2D eigenvalue weighted by atomic mass is 19.1. The molecule has 3 aromatic rings. The molecule has 0 bridgehead atoms. The van der Waals surface area contributed by atoms with E-state index in [-0.39, 0.29) is 17.3 Å². The molecule has 0 aliphatic carbocycles. The van der Waals surface area contributed by atoms with E-state index in [4.69, 9.17) is 4.74 Å². The van der Waals surface area contributed by atoms with Crippen molar-refractivity contribution >= 4 is 11.6 Å². The fourth-order valence-corrected chi connectivity index (χ4v) is 2.11. The van der Waals surface area contributed by atoms with E-state index >= 15 is 0 Å². The van der Waals surface area contributed by atoms with Gasteiger partial charge in [-0.2, -0.15) is 5.10 Å². The van der Waals surface area contributed by atoms with E-state index in [0.717, 1.165) is 0 Å². The molecule has 0 aliphatic rings. The number of amides is 1. The Labute approximate surface area is 136 Å². The molecule has 0 atom stereocenters. The predicted molar refractivity (Wildman–Crippen MR) is 84.4 cm³/mol. The summed E-state index contributed by atoms with van der Waals surface area (Å²) in [5.74, 6) is -1.00. The van der Waals surface area contributed by atoms with Crippen molar-refractivity contribution in [3.8, 4) is 11.4 Å². The van der Waals surface area contributed by atoms with Crippen LogP contribution >= 0.6 is 0 Å². The minimum absolute atomic E-state index is 0.0613. The minimum atomic E-state index is -0.501. The molecule has 122 valence electrons. The van der Waals surface area contributed by atoms with Crippen molar-refractivity contribution < 1.29 is 18.3 Å². The molecule has 0 fully saturated rings. The highest BCUT2D eigenvalue weighted by molar-refractivity contribution is 6.04. The number of hydrogen-bond acceptors (Lipinski definition) is 3. The average molecular weight is 329 g/mol. The van der Waals surface area contributed by atoms with E-state index in [1.807, 2.05) is 0 Å². The number of hydrogen-bond donors (Lipinski definition) is 1. The van der Waals surface area contributed by atoms with Crippen molar-refractivity contribution in [2.75, 3.05) is 12.4 Å². The molecule has 0 unspecified atom stereocenters. The number of carbonyl (C=O) groups excluding carboxylic acids is 1. The first-order valence-electron chi connectivity index (χ1n) is 7.03. The van der Waals surface area contributed by atoms with Gasteiger partial charge in [0.25, 0.3) is 5.91 Å². The lowest BCUT2D eigenvalue weighted by Crippen LogP contribution is -2.14. The van der Waals surface area contributed by atoms with Crippen molar-refractivity contribution in [1.29, 1.82) is 0 Å².